The van der Waals surface area contributed by atoms with E-state index >= 15 is 0 Å². The number of fused-ring (bicyclic) bond motifs is 4. The largest absolute Gasteiger partial charge is 0.504 e. The fraction of sp³-hybridized carbons (Fsp3) is 0.425. The van der Waals surface area contributed by atoms with Gasteiger partial charge in [0.2, 0.25) is 18.2 Å². The van der Waals surface area contributed by atoms with Crippen molar-refractivity contribution in [1.29, 1.82) is 0 Å². The Labute approximate surface area is 328 Å². The quantitative estimate of drug-likeness (QED) is 0.179. The highest BCUT2D eigenvalue weighted by atomic mass is 19.1. The van der Waals surface area contributed by atoms with Gasteiger partial charge < -0.3 is 29.9 Å². The SMILES string of the molecule is Cc1nc(CN2CCN(c3ccc4c(c3)C(=O)N(C(C)CCC(=O)NC=O)C4)CC2)cnc1OC1CN2c3cc(-c4cccc(F)c4O)nnc3NCC2(CF)C1. The van der Waals surface area contributed by atoms with E-state index in [1.807, 2.05) is 30.9 Å². The van der Waals surface area contributed by atoms with Crippen molar-refractivity contribution in [2.24, 2.45) is 0 Å². The number of anilines is 3. The molecular formula is C40H44F2N10O5. The number of benzene rings is 2. The highest BCUT2D eigenvalue weighted by molar-refractivity contribution is 5.99. The number of hydrogen-bond acceptors (Lipinski definition) is 13. The fourth-order valence-electron chi connectivity index (χ4n) is 8.35. The number of ether oxygens (including phenoxy) is 1. The molecule has 298 valence electrons. The third-order valence-electron chi connectivity index (χ3n) is 11.5. The van der Waals surface area contributed by atoms with Gasteiger partial charge in [0.05, 0.1) is 41.0 Å². The minimum absolute atomic E-state index is 0.0452. The number of piperazine rings is 1. The first-order chi connectivity index (χ1) is 27.6. The fourth-order valence-corrected chi connectivity index (χ4v) is 8.35. The summed E-state index contributed by atoms with van der Waals surface area (Å²) in [7, 11) is 0. The number of imide groups is 1. The molecule has 15 nitrogen and oxygen atoms in total. The molecule has 0 aliphatic carbocycles. The second-order valence-electron chi connectivity index (χ2n) is 15.2. The molecule has 6 heterocycles. The summed E-state index contributed by atoms with van der Waals surface area (Å²) in [6.45, 7) is 8.00. The van der Waals surface area contributed by atoms with Crippen LogP contribution in [0.5, 0.6) is 11.6 Å². The zero-order valence-electron chi connectivity index (χ0n) is 31.7. The summed E-state index contributed by atoms with van der Waals surface area (Å²) < 4.78 is 35.4. The summed E-state index contributed by atoms with van der Waals surface area (Å²) in [5, 5.41) is 24.1. The van der Waals surface area contributed by atoms with Crippen LogP contribution in [0.3, 0.4) is 0 Å². The number of carbonyl (C=O) groups excluding carboxylic acids is 3. The van der Waals surface area contributed by atoms with Crippen molar-refractivity contribution in [2.45, 2.75) is 63.9 Å². The van der Waals surface area contributed by atoms with Gasteiger partial charge in [-0.3, -0.25) is 24.6 Å². The molecule has 0 radical (unpaired) electrons. The zero-order chi connectivity index (χ0) is 39.8. The summed E-state index contributed by atoms with van der Waals surface area (Å²) >= 11 is 0. The number of carbonyl (C=O) groups is 3. The van der Waals surface area contributed by atoms with E-state index in [4.69, 9.17) is 9.72 Å². The number of amides is 3. The maximum absolute atomic E-state index is 14.9. The maximum Gasteiger partial charge on any atom is 0.254 e. The molecule has 8 rings (SSSR count). The highest BCUT2D eigenvalue weighted by Gasteiger charge is 2.50. The number of aryl methyl sites for hydroxylation is 1. The second-order valence-corrected chi connectivity index (χ2v) is 15.2. The molecule has 0 spiro atoms. The number of aromatic hydroxyl groups is 1. The van der Waals surface area contributed by atoms with E-state index in [1.54, 1.807) is 23.2 Å². The van der Waals surface area contributed by atoms with Gasteiger partial charge in [-0.05, 0) is 56.2 Å². The van der Waals surface area contributed by atoms with Crippen molar-refractivity contribution in [1.82, 2.24) is 35.3 Å². The second kappa shape index (κ2) is 15.5. The van der Waals surface area contributed by atoms with Gasteiger partial charge in [-0.25, -0.2) is 18.7 Å². The first-order valence-corrected chi connectivity index (χ1v) is 19.1. The Morgan fingerprint density at radius 3 is 2.75 bits per heavy atom. The molecule has 2 aromatic carbocycles. The number of phenolic OH excluding ortho intramolecular Hbond substituents is 1. The molecule has 3 unspecified atom stereocenters. The Morgan fingerprint density at radius 2 is 1.98 bits per heavy atom. The maximum atomic E-state index is 14.9. The van der Waals surface area contributed by atoms with Gasteiger partial charge in [0.15, 0.2) is 17.4 Å². The van der Waals surface area contributed by atoms with Crippen LogP contribution in [-0.2, 0) is 22.7 Å². The molecule has 0 bridgehead atoms. The standard InChI is InChI=1S/C40H44F2N10O5/c1-24(6-9-35(54)45-23-53)51-18-26-7-8-28(14-31(26)39(51)56)50-12-10-49(11-13-50)19-27-17-43-38(25(2)46-27)57-29-16-40(21-41)22-44-37-34(52(40)20-29)15-33(47-48-37)30-4-3-5-32(42)36(30)55/h3-5,7-8,14-15,17,23-24,29,55H,6,9-13,16,18-22H2,1-2H3,(H,44,48)(H,45,53,54). The van der Waals surface area contributed by atoms with Gasteiger partial charge in [0.1, 0.15) is 12.8 Å². The normalized spacial score (nSPS) is 20.7. The van der Waals surface area contributed by atoms with Crippen molar-refractivity contribution >= 4 is 35.4 Å². The lowest BCUT2D eigenvalue weighted by Crippen LogP contribution is -2.54. The van der Waals surface area contributed by atoms with Crippen LogP contribution in [0.1, 0.15) is 53.5 Å². The van der Waals surface area contributed by atoms with Crippen molar-refractivity contribution in [2.75, 3.05) is 61.1 Å². The lowest BCUT2D eigenvalue weighted by atomic mass is 9.94. The third kappa shape index (κ3) is 7.38. The number of hydrogen-bond donors (Lipinski definition) is 3. The summed E-state index contributed by atoms with van der Waals surface area (Å²) in [4.78, 5) is 53.3. The van der Waals surface area contributed by atoms with Gasteiger partial charge in [-0.2, -0.15) is 0 Å². The molecule has 2 fully saturated rings. The average Bonchev–Trinajstić information content (AvgIpc) is 3.76. The van der Waals surface area contributed by atoms with E-state index in [-0.39, 0.29) is 35.5 Å². The summed E-state index contributed by atoms with van der Waals surface area (Å²) in [5.41, 5.74) is 4.24. The van der Waals surface area contributed by atoms with Crippen molar-refractivity contribution in [3.8, 4) is 22.9 Å². The minimum Gasteiger partial charge on any atom is -0.504 e. The molecule has 4 aliphatic rings. The van der Waals surface area contributed by atoms with Gasteiger partial charge in [0, 0.05) is 81.5 Å². The van der Waals surface area contributed by atoms with Crippen LogP contribution in [-0.4, -0.2) is 117 Å². The Morgan fingerprint density at radius 1 is 1.16 bits per heavy atom. The monoisotopic (exact) mass is 782 g/mol. The van der Waals surface area contributed by atoms with Crippen LogP contribution in [0, 0.1) is 12.7 Å². The van der Waals surface area contributed by atoms with Crippen LogP contribution < -0.4 is 25.2 Å². The van der Waals surface area contributed by atoms with Crippen LogP contribution >= 0.6 is 0 Å². The average molecular weight is 783 g/mol. The molecule has 3 amide bonds. The van der Waals surface area contributed by atoms with Crippen molar-refractivity contribution in [3.05, 3.63) is 77.0 Å². The highest BCUT2D eigenvalue weighted by Crippen LogP contribution is 2.44. The molecule has 4 aliphatic heterocycles. The molecule has 4 aromatic rings. The van der Waals surface area contributed by atoms with Gasteiger partial charge >= 0.3 is 0 Å². The number of aromatic nitrogens is 4. The van der Waals surface area contributed by atoms with E-state index in [0.29, 0.717) is 74.1 Å². The zero-order valence-corrected chi connectivity index (χ0v) is 31.7. The molecule has 17 heteroatoms. The molecule has 2 saturated heterocycles. The van der Waals surface area contributed by atoms with Crippen molar-refractivity contribution in [3.63, 3.8) is 0 Å². The van der Waals surface area contributed by atoms with Crippen LogP contribution in [0.4, 0.5) is 26.0 Å². The molecular weight excluding hydrogens is 739 g/mol. The summed E-state index contributed by atoms with van der Waals surface area (Å²) in [6.07, 6.45) is 2.71. The lowest BCUT2D eigenvalue weighted by molar-refractivity contribution is -0.125. The first-order valence-electron chi connectivity index (χ1n) is 19.1. The number of alkyl halides is 1. The number of para-hydroxylation sites is 1. The Bertz CT molecular complexity index is 2200. The topological polar surface area (TPSA) is 169 Å². The van der Waals surface area contributed by atoms with E-state index in [0.717, 1.165) is 49.2 Å². The summed E-state index contributed by atoms with van der Waals surface area (Å²) in [5.74, 6) is -0.840. The van der Waals surface area contributed by atoms with E-state index in [9.17, 15) is 28.3 Å². The lowest BCUT2D eigenvalue weighted by Gasteiger charge is -2.42. The number of phenols is 1. The third-order valence-corrected chi connectivity index (χ3v) is 11.5. The first kappa shape index (κ1) is 37.9. The number of nitrogens with zero attached hydrogens (tertiary/aromatic N) is 8. The van der Waals surface area contributed by atoms with Gasteiger partial charge in [-0.1, -0.05) is 12.1 Å². The molecule has 2 aromatic heterocycles. The molecule has 57 heavy (non-hydrogen) atoms. The van der Waals surface area contributed by atoms with Gasteiger partial charge in [-0.15, -0.1) is 10.2 Å². The molecule has 3 N–H and O–H groups in total. The number of rotatable bonds is 12. The minimum atomic E-state index is -0.904. The Kier molecular flexibility index (Phi) is 10.3. The Balaban J connectivity index is 0.865. The molecule has 0 saturated carbocycles. The van der Waals surface area contributed by atoms with E-state index in [1.165, 1.54) is 6.07 Å². The van der Waals surface area contributed by atoms with Crippen LogP contribution in [0.25, 0.3) is 11.3 Å². The van der Waals surface area contributed by atoms with E-state index < -0.39 is 29.9 Å². The predicted molar refractivity (Wildman–Crippen MR) is 206 cm³/mol. The van der Waals surface area contributed by atoms with Gasteiger partial charge in [0.25, 0.3) is 5.91 Å². The van der Waals surface area contributed by atoms with Crippen LogP contribution in [0.15, 0.2) is 48.7 Å². The summed E-state index contributed by atoms with van der Waals surface area (Å²) in [6, 6.07) is 11.8. The molecule has 3 atom stereocenters. The Hall–Kier alpha value is -5.97. The number of halogens is 2. The smallest absolute Gasteiger partial charge is 0.254 e. The van der Waals surface area contributed by atoms with E-state index in [2.05, 4.69) is 41.7 Å². The predicted octanol–water partition coefficient (Wildman–Crippen LogP) is 3.60. The number of nitrogens with one attached hydrogen (secondary N) is 2. The van der Waals surface area contributed by atoms with Crippen LogP contribution in [0.2, 0.25) is 0 Å². The van der Waals surface area contributed by atoms with Crippen molar-refractivity contribution < 1.29 is 33.0 Å².